The molecule has 0 aliphatic heterocycles. The van der Waals surface area contributed by atoms with Crippen LogP contribution in [-0.2, 0) is 6.18 Å². The van der Waals surface area contributed by atoms with Crippen LogP contribution < -0.4 is 10.6 Å². The Kier molecular flexibility index (Phi) is 3.80. The predicted octanol–water partition coefficient (Wildman–Crippen LogP) is 2.84. The number of rotatable bonds is 5. The molecule has 1 aromatic rings. The van der Waals surface area contributed by atoms with E-state index in [0.717, 1.165) is 18.9 Å². The molecule has 0 aromatic carbocycles. The molecule has 1 heterocycles. The molecule has 0 unspecified atom stereocenters. The van der Waals surface area contributed by atoms with E-state index < -0.39 is 11.9 Å². The van der Waals surface area contributed by atoms with Crippen LogP contribution in [0.3, 0.4) is 0 Å². The standard InChI is InChI=1S/C11H15F3N4S/c1-15-9-17-7(11(12,13)14)5-8(18-9)16-6-10(19-2)3-4-10/h5H,3-4,6H2,1-2H3,(H2,15,16,17,18). The van der Waals surface area contributed by atoms with Gasteiger partial charge in [-0.05, 0) is 19.1 Å². The second kappa shape index (κ2) is 5.07. The fraction of sp³-hybridized carbons (Fsp3) is 0.636. The van der Waals surface area contributed by atoms with E-state index in [0.29, 0.717) is 6.54 Å². The van der Waals surface area contributed by atoms with Crippen LogP contribution in [0.1, 0.15) is 18.5 Å². The van der Waals surface area contributed by atoms with Crippen molar-refractivity contribution in [3.8, 4) is 0 Å². The summed E-state index contributed by atoms with van der Waals surface area (Å²) in [5.74, 6) is 0.165. The van der Waals surface area contributed by atoms with E-state index in [4.69, 9.17) is 0 Å². The zero-order valence-corrected chi connectivity index (χ0v) is 11.5. The van der Waals surface area contributed by atoms with Crippen molar-refractivity contribution in [2.75, 3.05) is 30.5 Å². The summed E-state index contributed by atoms with van der Waals surface area (Å²) in [5.41, 5.74) is -0.941. The highest BCUT2D eigenvalue weighted by atomic mass is 32.2. The Hall–Kier alpha value is -1.18. The quantitative estimate of drug-likeness (QED) is 0.874. The van der Waals surface area contributed by atoms with E-state index in [1.807, 2.05) is 6.26 Å². The number of hydrogen-bond acceptors (Lipinski definition) is 5. The van der Waals surface area contributed by atoms with Gasteiger partial charge in [-0.2, -0.15) is 29.9 Å². The Morgan fingerprint density at radius 3 is 2.53 bits per heavy atom. The molecule has 1 fully saturated rings. The van der Waals surface area contributed by atoms with Crippen LogP contribution >= 0.6 is 11.8 Å². The first-order chi connectivity index (χ1) is 8.88. The predicted molar refractivity (Wildman–Crippen MR) is 70.6 cm³/mol. The number of aromatic nitrogens is 2. The number of hydrogen-bond donors (Lipinski definition) is 2. The average molecular weight is 292 g/mol. The maximum Gasteiger partial charge on any atom is 0.433 e. The highest BCUT2D eigenvalue weighted by molar-refractivity contribution is 8.00. The Balaban J connectivity index is 2.15. The minimum Gasteiger partial charge on any atom is -0.368 e. The van der Waals surface area contributed by atoms with Crippen LogP contribution in [0.25, 0.3) is 0 Å². The molecule has 1 aromatic heterocycles. The second-order valence-electron chi connectivity index (χ2n) is 4.45. The second-order valence-corrected chi connectivity index (χ2v) is 5.72. The summed E-state index contributed by atoms with van der Waals surface area (Å²) in [6.45, 7) is 0.617. The van der Waals surface area contributed by atoms with E-state index in [2.05, 4.69) is 20.6 Å². The summed E-state index contributed by atoms with van der Waals surface area (Å²) in [6.07, 6.45) is -0.300. The smallest absolute Gasteiger partial charge is 0.368 e. The Labute approximate surface area is 113 Å². The number of thioether (sulfide) groups is 1. The molecule has 0 amide bonds. The largest absolute Gasteiger partial charge is 0.433 e. The van der Waals surface area contributed by atoms with E-state index in [1.165, 1.54) is 7.05 Å². The lowest BCUT2D eigenvalue weighted by molar-refractivity contribution is -0.141. The number of alkyl halides is 3. The lowest BCUT2D eigenvalue weighted by Gasteiger charge is -2.15. The summed E-state index contributed by atoms with van der Waals surface area (Å²) in [5, 5.41) is 5.51. The first kappa shape index (κ1) is 14.2. The molecule has 2 N–H and O–H groups in total. The van der Waals surface area contributed by atoms with Crippen LogP contribution in [0.4, 0.5) is 24.9 Å². The average Bonchev–Trinajstić information content (AvgIpc) is 3.15. The van der Waals surface area contributed by atoms with Crippen molar-refractivity contribution in [3.63, 3.8) is 0 Å². The zero-order chi connectivity index (χ0) is 14.1. The first-order valence-corrected chi connectivity index (χ1v) is 7.04. The monoisotopic (exact) mass is 292 g/mol. The van der Waals surface area contributed by atoms with Gasteiger partial charge in [0, 0.05) is 24.4 Å². The van der Waals surface area contributed by atoms with Crippen LogP contribution in [-0.4, -0.2) is 34.6 Å². The number of nitrogens with zero attached hydrogens (tertiary/aromatic N) is 2. The Morgan fingerprint density at radius 2 is 2.05 bits per heavy atom. The molecule has 106 valence electrons. The van der Waals surface area contributed by atoms with Crippen LogP contribution in [0.15, 0.2) is 6.07 Å². The lowest BCUT2D eigenvalue weighted by atomic mass is 10.3. The van der Waals surface area contributed by atoms with Crippen molar-refractivity contribution in [2.24, 2.45) is 0 Å². The van der Waals surface area contributed by atoms with Crippen LogP contribution in [0, 0.1) is 0 Å². The molecular weight excluding hydrogens is 277 g/mol. The topological polar surface area (TPSA) is 49.8 Å². The van der Waals surface area contributed by atoms with Gasteiger partial charge in [0.15, 0.2) is 5.69 Å². The molecule has 0 spiro atoms. The third-order valence-electron chi connectivity index (χ3n) is 3.07. The van der Waals surface area contributed by atoms with Crippen molar-refractivity contribution >= 4 is 23.5 Å². The van der Waals surface area contributed by atoms with Crippen molar-refractivity contribution < 1.29 is 13.2 Å². The van der Waals surface area contributed by atoms with Crippen molar-refractivity contribution in [1.82, 2.24) is 9.97 Å². The van der Waals surface area contributed by atoms with Gasteiger partial charge in [0.2, 0.25) is 5.95 Å². The van der Waals surface area contributed by atoms with Gasteiger partial charge in [-0.25, -0.2) is 4.98 Å². The van der Waals surface area contributed by atoms with Gasteiger partial charge in [0.25, 0.3) is 0 Å². The fourth-order valence-electron chi connectivity index (χ4n) is 1.64. The van der Waals surface area contributed by atoms with Gasteiger partial charge in [-0.1, -0.05) is 0 Å². The zero-order valence-electron chi connectivity index (χ0n) is 10.6. The molecule has 0 atom stereocenters. The number of anilines is 2. The van der Waals surface area contributed by atoms with Gasteiger partial charge in [-0.15, -0.1) is 0 Å². The molecule has 1 aliphatic carbocycles. The molecule has 4 nitrogen and oxygen atoms in total. The summed E-state index contributed by atoms with van der Waals surface area (Å²) in [6, 6.07) is 0.942. The van der Waals surface area contributed by atoms with Crippen molar-refractivity contribution in [1.29, 1.82) is 0 Å². The number of nitrogens with one attached hydrogen (secondary N) is 2. The maximum atomic E-state index is 12.7. The SMILES string of the molecule is CNc1nc(NCC2(SC)CC2)cc(C(F)(F)F)n1. The summed E-state index contributed by atoms with van der Waals surface area (Å²) in [7, 11) is 1.49. The number of halogens is 3. The summed E-state index contributed by atoms with van der Waals surface area (Å²) < 4.78 is 38.2. The third kappa shape index (κ3) is 3.43. The highest BCUT2D eigenvalue weighted by Crippen LogP contribution is 2.47. The first-order valence-electron chi connectivity index (χ1n) is 5.82. The van der Waals surface area contributed by atoms with Crippen molar-refractivity contribution in [2.45, 2.75) is 23.8 Å². The van der Waals surface area contributed by atoms with E-state index in [-0.39, 0.29) is 16.5 Å². The van der Waals surface area contributed by atoms with Gasteiger partial charge < -0.3 is 10.6 Å². The molecule has 0 bridgehead atoms. The van der Waals surface area contributed by atoms with E-state index in [9.17, 15) is 13.2 Å². The molecule has 0 radical (unpaired) electrons. The normalized spacial score (nSPS) is 17.1. The highest BCUT2D eigenvalue weighted by Gasteiger charge is 2.41. The van der Waals surface area contributed by atoms with E-state index in [1.54, 1.807) is 11.8 Å². The molecule has 0 saturated heterocycles. The summed E-state index contributed by atoms with van der Waals surface area (Å²) >= 11 is 1.73. The van der Waals surface area contributed by atoms with Crippen LogP contribution in [0.2, 0.25) is 0 Å². The van der Waals surface area contributed by atoms with Gasteiger partial charge in [0.1, 0.15) is 5.82 Å². The van der Waals surface area contributed by atoms with Crippen LogP contribution in [0.5, 0.6) is 0 Å². The summed E-state index contributed by atoms with van der Waals surface area (Å²) in [4.78, 5) is 7.40. The fourth-order valence-corrected chi connectivity index (χ4v) is 2.37. The van der Waals surface area contributed by atoms with E-state index >= 15 is 0 Å². The minimum atomic E-state index is -4.47. The third-order valence-corrected chi connectivity index (χ3v) is 4.49. The van der Waals surface area contributed by atoms with Crippen molar-refractivity contribution in [3.05, 3.63) is 11.8 Å². The Bertz CT molecular complexity index is 460. The molecule has 1 saturated carbocycles. The molecule has 8 heteroatoms. The Morgan fingerprint density at radius 1 is 1.37 bits per heavy atom. The maximum absolute atomic E-state index is 12.7. The lowest BCUT2D eigenvalue weighted by Crippen LogP contribution is -2.19. The molecular formula is C11H15F3N4S. The molecule has 1 aliphatic rings. The minimum absolute atomic E-state index is 0.0358. The molecule has 2 rings (SSSR count). The van der Waals surface area contributed by atoms with Gasteiger partial charge in [0.05, 0.1) is 0 Å². The molecule has 19 heavy (non-hydrogen) atoms. The van der Waals surface area contributed by atoms with Gasteiger partial charge in [-0.3, -0.25) is 0 Å². The van der Waals surface area contributed by atoms with Gasteiger partial charge >= 0.3 is 6.18 Å².